The van der Waals surface area contributed by atoms with Crippen molar-refractivity contribution in [2.75, 3.05) is 0 Å². The van der Waals surface area contributed by atoms with E-state index in [1.165, 1.54) is 10.8 Å². The molecule has 0 amide bonds. The summed E-state index contributed by atoms with van der Waals surface area (Å²) < 4.78 is 0. The van der Waals surface area contributed by atoms with Gasteiger partial charge in [-0.05, 0) is 17.7 Å². The molecule has 0 bridgehead atoms. The Hall–Kier alpha value is -0.360. The van der Waals surface area contributed by atoms with Gasteiger partial charge in [0, 0.05) is 0 Å². The van der Waals surface area contributed by atoms with Gasteiger partial charge in [0.25, 0.3) is 0 Å². The van der Waals surface area contributed by atoms with Crippen LogP contribution in [0.2, 0.25) is 0 Å². The van der Waals surface area contributed by atoms with Crippen molar-refractivity contribution in [2.24, 2.45) is 16.3 Å². The lowest BCUT2D eigenvalue weighted by Gasteiger charge is -1.95. The minimum absolute atomic E-state index is 0.799. The lowest BCUT2D eigenvalue weighted by Crippen LogP contribution is -1.99. The van der Waals surface area contributed by atoms with E-state index in [2.05, 4.69) is 27.5 Å². The molecule has 0 unspecified atom stereocenters. The lowest BCUT2D eigenvalue weighted by molar-refractivity contribution is 0.813. The maximum atomic E-state index is 4.72. The number of nitrogens with zero attached hydrogens (tertiary/aromatic N) is 2. The van der Waals surface area contributed by atoms with Crippen LogP contribution >= 0.6 is 22.5 Å². The number of rotatable bonds is 3. The van der Waals surface area contributed by atoms with Gasteiger partial charge in [0.1, 0.15) is 0 Å². The van der Waals surface area contributed by atoms with Gasteiger partial charge < -0.3 is 5.84 Å². The zero-order chi connectivity index (χ0) is 7.11. The summed E-state index contributed by atoms with van der Waals surface area (Å²) in [4.78, 5) is 0. The van der Waals surface area contributed by atoms with Crippen molar-refractivity contribution in [3.63, 3.8) is 0 Å². The summed E-state index contributed by atoms with van der Waals surface area (Å²) in [5.74, 6) is 4.72. The minimum Gasteiger partial charge on any atom is -0.303 e. The van der Waals surface area contributed by atoms with Gasteiger partial charge in [-0.1, -0.05) is 16.5 Å². The van der Waals surface area contributed by atoms with E-state index in [1.54, 1.807) is 0 Å². The smallest absolute Gasteiger partial charge is 0.0969 e. The largest absolute Gasteiger partial charge is 0.303 e. The van der Waals surface area contributed by atoms with Gasteiger partial charge in [-0.25, -0.2) is 0 Å². The molecule has 4 nitrogen and oxygen atoms in total. The first kappa shape index (κ1) is 8.64. The second-order valence-corrected chi connectivity index (χ2v) is 2.24. The predicted octanol–water partition coefficient (Wildman–Crippen LogP) is 1.26. The third-order valence-corrected chi connectivity index (χ3v) is 1.69. The van der Waals surface area contributed by atoms with Crippen molar-refractivity contribution in [3.05, 3.63) is 11.1 Å². The molecule has 3 N–H and O–H groups in total. The molecule has 52 valence electrons. The van der Waals surface area contributed by atoms with Crippen LogP contribution in [0, 0.1) is 0 Å². The summed E-state index contributed by atoms with van der Waals surface area (Å²) in [6.07, 6.45) is 1.81. The van der Waals surface area contributed by atoms with E-state index in [0.717, 1.165) is 5.03 Å². The van der Waals surface area contributed by atoms with Gasteiger partial charge in [-0.15, -0.1) is 11.7 Å². The monoisotopic (exact) mass is 164 g/mol. The molecule has 0 saturated heterocycles. The molecule has 0 aromatic rings. The van der Waals surface area contributed by atoms with Gasteiger partial charge in [-0.2, -0.15) is 0 Å². The van der Waals surface area contributed by atoms with Crippen molar-refractivity contribution in [2.45, 2.75) is 6.92 Å². The Morgan fingerprint density at radius 2 is 2.56 bits per heavy atom. The molecular formula is C3H8N4S2. The van der Waals surface area contributed by atoms with Gasteiger partial charge >= 0.3 is 0 Å². The second-order valence-electron chi connectivity index (χ2n) is 1.07. The fraction of sp³-hybridized carbons (Fsp3) is 0.333. The SMILES string of the molecule is C/C=C(\N/N=N\N)SS. The number of hydrogen-bond donors (Lipinski definition) is 3. The third kappa shape index (κ3) is 4.16. The highest BCUT2D eigenvalue weighted by Gasteiger charge is 1.86. The highest BCUT2D eigenvalue weighted by atomic mass is 33.1. The fourth-order valence-corrected chi connectivity index (χ4v) is 0.842. The maximum Gasteiger partial charge on any atom is 0.0969 e. The molecular weight excluding hydrogens is 156 g/mol. The molecule has 0 radical (unpaired) electrons. The van der Waals surface area contributed by atoms with E-state index in [-0.39, 0.29) is 0 Å². The average molecular weight is 164 g/mol. The molecule has 0 aliphatic rings. The standard InChI is InChI=1S/C3H8N4S2/c1-2-3(9-8)5-7-6-4/h2,8H,1H3,(H2,4,7)(H,5,6)/b3-2+. The van der Waals surface area contributed by atoms with Crippen LogP contribution in [0.4, 0.5) is 0 Å². The molecule has 0 heterocycles. The third-order valence-electron chi connectivity index (χ3n) is 0.578. The Labute approximate surface area is 62.7 Å². The van der Waals surface area contributed by atoms with E-state index in [9.17, 15) is 0 Å². The molecule has 0 rings (SSSR count). The van der Waals surface area contributed by atoms with E-state index < -0.39 is 0 Å². The quantitative estimate of drug-likeness (QED) is 0.193. The van der Waals surface area contributed by atoms with Crippen LogP contribution in [-0.4, -0.2) is 0 Å². The molecule has 0 saturated carbocycles. The van der Waals surface area contributed by atoms with Gasteiger partial charge in [0.2, 0.25) is 0 Å². The van der Waals surface area contributed by atoms with E-state index in [4.69, 9.17) is 5.84 Å². The Bertz CT molecular complexity index is 121. The maximum absolute atomic E-state index is 4.72. The van der Waals surface area contributed by atoms with Gasteiger partial charge in [0.15, 0.2) is 0 Å². The molecule has 9 heavy (non-hydrogen) atoms. The van der Waals surface area contributed by atoms with Crippen molar-refractivity contribution in [1.82, 2.24) is 5.43 Å². The highest BCUT2D eigenvalue weighted by molar-refractivity contribution is 8.70. The summed E-state index contributed by atoms with van der Waals surface area (Å²) in [5.41, 5.74) is 2.55. The lowest BCUT2D eigenvalue weighted by atomic mass is 10.7. The topological polar surface area (TPSA) is 62.8 Å². The van der Waals surface area contributed by atoms with E-state index >= 15 is 0 Å². The van der Waals surface area contributed by atoms with E-state index in [1.807, 2.05) is 13.0 Å². The van der Waals surface area contributed by atoms with Crippen LogP contribution in [0.5, 0.6) is 0 Å². The first-order valence-corrected chi connectivity index (χ1v) is 4.05. The summed E-state index contributed by atoms with van der Waals surface area (Å²) in [6, 6.07) is 0. The first-order valence-electron chi connectivity index (χ1n) is 2.18. The predicted molar refractivity (Wildman–Crippen MR) is 42.5 cm³/mol. The Morgan fingerprint density at radius 1 is 1.89 bits per heavy atom. The molecule has 0 aromatic heterocycles. The Balaban J connectivity index is 3.58. The van der Waals surface area contributed by atoms with Gasteiger partial charge in [0.05, 0.1) is 5.03 Å². The number of nitrogens with two attached hydrogens (primary N) is 1. The summed E-state index contributed by atoms with van der Waals surface area (Å²) in [5, 5.41) is 7.12. The van der Waals surface area contributed by atoms with Crippen LogP contribution in [-0.2, 0) is 0 Å². The van der Waals surface area contributed by atoms with Crippen LogP contribution in [0.25, 0.3) is 0 Å². The van der Waals surface area contributed by atoms with Crippen LogP contribution in [0.1, 0.15) is 6.92 Å². The van der Waals surface area contributed by atoms with Crippen LogP contribution in [0.3, 0.4) is 0 Å². The second kappa shape index (κ2) is 5.77. The Kier molecular flexibility index (Phi) is 5.54. The van der Waals surface area contributed by atoms with Gasteiger partial charge in [-0.3, -0.25) is 5.43 Å². The fourth-order valence-electron chi connectivity index (χ4n) is 0.216. The summed E-state index contributed by atoms with van der Waals surface area (Å²) >= 11 is 3.91. The van der Waals surface area contributed by atoms with Crippen LogP contribution < -0.4 is 11.3 Å². The van der Waals surface area contributed by atoms with Crippen molar-refractivity contribution < 1.29 is 0 Å². The number of thiol groups is 1. The number of allylic oxidation sites excluding steroid dienone is 1. The molecule has 0 aliphatic carbocycles. The molecule has 0 aromatic carbocycles. The van der Waals surface area contributed by atoms with Crippen molar-refractivity contribution in [3.8, 4) is 0 Å². The first-order chi connectivity index (χ1) is 4.35. The number of hydrogen-bond acceptors (Lipinski definition) is 4. The highest BCUT2D eigenvalue weighted by Crippen LogP contribution is 2.15. The summed E-state index contributed by atoms with van der Waals surface area (Å²) in [6.45, 7) is 1.86. The minimum atomic E-state index is 0.799. The molecule has 0 spiro atoms. The molecule has 0 atom stereocenters. The zero-order valence-corrected chi connectivity index (χ0v) is 6.62. The number of nitrogens with one attached hydrogen (secondary N) is 1. The summed E-state index contributed by atoms with van der Waals surface area (Å²) in [7, 11) is 1.24. The molecule has 6 heteroatoms. The molecule has 0 fully saturated rings. The van der Waals surface area contributed by atoms with E-state index in [0.29, 0.717) is 0 Å². The van der Waals surface area contributed by atoms with Crippen molar-refractivity contribution in [1.29, 1.82) is 0 Å². The zero-order valence-electron chi connectivity index (χ0n) is 4.90. The van der Waals surface area contributed by atoms with Crippen LogP contribution in [0.15, 0.2) is 21.6 Å². The average Bonchev–Trinajstić information content (AvgIpc) is 1.91. The van der Waals surface area contributed by atoms with Crippen molar-refractivity contribution >= 4 is 22.5 Å². The molecule has 0 aliphatic heterocycles. The Morgan fingerprint density at radius 3 is 2.89 bits per heavy atom. The normalized spacial score (nSPS) is 12.4.